The maximum atomic E-state index is 12.7. The van der Waals surface area contributed by atoms with Crippen LogP contribution in [0.2, 0.25) is 0 Å². The first-order chi connectivity index (χ1) is 7.74. The molecule has 0 aliphatic rings. The summed E-state index contributed by atoms with van der Waals surface area (Å²) in [7, 11) is 0. The molecule has 0 atom stereocenters. The van der Waals surface area contributed by atoms with Crippen LogP contribution in [0.25, 0.3) is 0 Å². The van der Waals surface area contributed by atoms with Crippen LogP contribution in [0, 0.1) is 12.9 Å². The van der Waals surface area contributed by atoms with Gasteiger partial charge in [-0.2, -0.15) is 4.39 Å². The van der Waals surface area contributed by atoms with E-state index in [1.165, 1.54) is 12.4 Å². The van der Waals surface area contributed by atoms with Crippen molar-refractivity contribution in [3.8, 4) is 0 Å². The molecule has 2 rings (SSSR count). The fraction of sp³-hybridized carbons (Fsp3) is 0.300. The number of halogens is 1. The molecule has 16 heavy (non-hydrogen) atoms. The molecule has 0 fully saturated rings. The van der Waals surface area contributed by atoms with Gasteiger partial charge < -0.3 is 5.32 Å². The second-order valence-electron chi connectivity index (χ2n) is 3.26. The third kappa shape index (κ3) is 2.96. The van der Waals surface area contributed by atoms with Gasteiger partial charge in [-0.15, -0.1) is 11.3 Å². The summed E-state index contributed by atoms with van der Waals surface area (Å²) >= 11 is 1.63. The molecule has 0 radical (unpaired) electrons. The Bertz CT molecular complexity index is 471. The average molecular weight is 238 g/mol. The zero-order valence-corrected chi connectivity index (χ0v) is 9.59. The molecular weight excluding hydrogens is 227 g/mol. The van der Waals surface area contributed by atoms with Crippen molar-refractivity contribution in [3.63, 3.8) is 0 Å². The Labute approximate surface area is 96.6 Å². The van der Waals surface area contributed by atoms with E-state index in [1.807, 2.05) is 12.3 Å². The van der Waals surface area contributed by atoms with E-state index in [0.717, 1.165) is 17.1 Å². The Kier molecular flexibility index (Phi) is 3.40. The Balaban J connectivity index is 1.84. The third-order valence-corrected chi connectivity index (χ3v) is 2.81. The molecule has 0 aliphatic heterocycles. The van der Waals surface area contributed by atoms with Gasteiger partial charge in [0.2, 0.25) is 5.95 Å². The number of hydrogen-bond acceptors (Lipinski definition) is 5. The molecule has 2 heterocycles. The lowest BCUT2D eigenvalue weighted by molar-refractivity contribution is 0.580. The fourth-order valence-corrected chi connectivity index (χ4v) is 1.92. The van der Waals surface area contributed by atoms with Crippen molar-refractivity contribution >= 4 is 17.2 Å². The Morgan fingerprint density at radius 3 is 3.00 bits per heavy atom. The highest BCUT2D eigenvalue weighted by Gasteiger charge is 1.99. The molecule has 4 nitrogen and oxygen atoms in total. The summed E-state index contributed by atoms with van der Waals surface area (Å²) < 4.78 is 12.7. The van der Waals surface area contributed by atoms with Crippen LogP contribution in [-0.4, -0.2) is 21.5 Å². The van der Waals surface area contributed by atoms with Gasteiger partial charge in [0.05, 0.1) is 10.7 Å². The normalized spacial score (nSPS) is 10.4. The van der Waals surface area contributed by atoms with Gasteiger partial charge in [-0.3, -0.25) is 0 Å². The topological polar surface area (TPSA) is 50.7 Å². The largest absolute Gasteiger partial charge is 0.369 e. The van der Waals surface area contributed by atoms with E-state index in [2.05, 4.69) is 20.3 Å². The minimum absolute atomic E-state index is 0.499. The van der Waals surface area contributed by atoms with Crippen LogP contribution in [-0.2, 0) is 6.42 Å². The molecule has 6 heteroatoms. The molecule has 0 bridgehead atoms. The first kappa shape index (κ1) is 10.9. The zero-order valence-electron chi connectivity index (χ0n) is 8.77. The van der Waals surface area contributed by atoms with E-state index in [1.54, 1.807) is 11.3 Å². The number of nitrogens with zero attached hydrogens (tertiary/aromatic N) is 3. The van der Waals surface area contributed by atoms with E-state index < -0.39 is 5.95 Å². The molecule has 0 unspecified atom stereocenters. The lowest BCUT2D eigenvalue weighted by Gasteiger charge is -2.02. The number of hydrogen-bond donors (Lipinski definition) is 1. The highest BCUT2D eigenvalue weighted by Crippen LogP contribution is 2.09. The summed E-state index contributed by atoms with van der Waals surface area (Å²) in [6.45, 7) is 2.65. The van der Waals surface area contributed by atoms with Crippen LogP contribution < -0.4 is 5.32 Å². The highest BCUT2D eigenvalue weighted by atomic mass is 32.1. The molecule has 0 spiro atoms. The SMILES string of the molecule is Cc1nc(CCNc2cc(F)ncn2)cs1. The van der Waals surface area contributed by atoms with Crippen molar-refractivity contribution in [2.24, 2.45) is 0 Å². The highest BCUT2D eigenvalue weighted by molar-refractivity contribution is 7.09. The van der Waals surface area contributed by atoms with Gasteiger partial charge in [0.25, 0.3) is 0 Å². The molecule has 0 saturated heterocycles. The summed E-state index contributed by atoms with van der Waals surface area (Å²) in [5.41, 5.74) is 1.05. The predicted molar refractivity (Wildman–Crippen MR) is 61.0 cm³/mol. The fourth-order valence-electron chi connectivity index (χ4n) is 1.27. The number of nitrogens with one attached hydrogen (secondary N) is 1. The van der Waals surface area contributed by atoms with E-state index in [-0.39, 0.29) is 0 Å². The lowest BCUT2D eigenvalue weighted by Crippen LogP contribution is -2.07. The maximum Gasteiger partial charge on any atom is 0.217 e. The summed E-state index contributed by atoms with van der Waals surface area (Å²) in [6.07, 6.45) is 2.00. The molecular formula is C10H11FN4S. The van der Waals surface area contributed by atoms with Crippen molar-refractivity contribution in [2.75, 3.05) is 11.9 Å². The molecule has 0 saturated carbocycles. The maximum absolute atomic E-state index is 12.7. The smallest absolute Gasteiger partial charge is 0.217 e. The van der Waals surface area contributed by atoms with Crippen LogP contribution in [0.5, 0.6) is 0 Å². The predicted octanol–water partition coefficient (Wildman–Crippen LogP) is 2.04. The van der Waals surface area contributed by atoms with Crippen LogP contribution in [0.4, 0.5) is 10.2 Å². The van der Waals surface area contributed by atoms with Crippen LogP contribution >= 0.6 is 11.3 Å². The number of anilines is 1. The van der Waals surface area contributed by atoms with Crippen molar-refractivity contribution in [3.05, 3.63) is 34.4 Å². The number of aromatic nitrogens is 3. The first-order valence-corrected chi connectivity index (χ1v) is 5.74. The van der Waals surface area contributed by atoms with Crippen LogP contribution in [0.1, 0.15) is 10.7 Å². The van der Waals surface area contributed by atoms with Gasteiger partial charge in [-0.05, 0) is 6.92 Å². The second kappa shape index (κ2) is 4.98. The quantitative estimate of drug-likeness (QED) is 0.828. The molecule has 1 N–H and O–H groups in total. The van der Waals surface area contributed by atoms with Gasteiger partial charge in [0.1, 0.15) is 12.1 Å². The first-order valence-electron chi connectivity index (χ1n) is 4.86. The molecule has 0 aromatic carbocycles. The van der Waals surface area contributed by atoms with Crippen LogP contribution in [0.15, 0.2) is 17.8 Å². The standard InChI is InChI=1S/C10H11FN4S/c1-7-15-8(5-16-7)2-3-12-10-4-9(11)13-6-14-10/h4-6H,2-3H2,1H3,(H,12,13,14). The van der Waals surface area contributed by atoms with Crippen molar-refractivity contribution in [1.29, 1.82) is 0 Å². The third-order valence-electron chi connectivity index (χ3n) is 1.99. The Morgan fingerprint density at radius 1 is 1.44 bits per heavy atom. The lowest BCUT2D eigenvalue weighted by atomic mass is 10.3. The number of rotatable bonds is 4. The zero-order chi connectivity index (χ0) is 11.4. The van der Waals surface area contributed by atoms with Crippen LogP contribution in [0.3, 0.4) is 0 Å². The van der Waals surface area contributed by atoms with E-state index in [0.29, 0.717) is 12.4 Å². The minimum Gasteiger partial charge on any atom is -0.369 e. The van der Waals surface area contributed by atoms with Crippen molar-refractivity contribution < 1.29 is 4.39 Å². The summed E-state index contributed by atoms with van der Waals surface area (Å²) in [5, 5.41) is 6.10. The second-order valence-corrected chi connectivity index (χ2v) is 4.32. The molecule has 0 amide bonds. The summed E-state index contributed by atoms with van der Waals surface area (Å²) in [5.74, 6) is -0.0264. The Morgan fingerprint density at radius 2 is 2.31 bits per heavy atom. The van der Waals surface area contributed by atoms with E-state index in [4.69, 9.17) is 0 Å². The van der Waals surface area contributed by atoms with E-state index in [9.17, 15) is 4.39 Å². The summed E-state index contributed by atoms with van der Waals surface area (Å²) in [6, 6.07) is 1.27. The molecule has 84 valence electrons. The number of aryl methyl sites for hydroxylation is 1. The monoisotopic (exact) mass is 238 g/mol. The molecule has 2 aromatic rings. The Hall–Kier alpha value is -1.56. The van der Waals surface area contributed by atoms with Crippen molar-refractivity contribution in [2.45, 2.75) is 13.3 Å². The average Bonchev–Trinajstić information content (AvgIpc) is 2.64. The van der Waals surface area contributed by atoms with E-state index >= 15 is 0 Å². The van der Waals surface area contributed by atoms with Gasteiger partial charge in [0, 0.05) is 24.4 Å². The molecule has 2 aromatic heterocycles. The minimum atomic E-state index is -0.526. The summed E-state index contributed by atoms with van der Waals surface area (Å²) in [4.78, 5) is 11.6. The van der Waals surface area contributed by atoms with Gasteiger partial charge in [0.15, 0.2) is 0 Å². The number of thiazole rings is 1. The molecule has 0 aliphatic carbocycles. The van der Waals surface area contributed by atoms with Gasteiger partial charge in [-0.1, -0.05) is 0 Å². The van der Waals surface area contributed by atoms with Crippen molar-refractivity contribution in [1.82, 2.24) is 15.0 Å². The van der Waals surface area contributed by atoms with Gasteiger partial charge >= 0.3 is 0 Å². The van der Waals surface area contributed by atoms with Gasteiger partial charge in [-0.25, -0.2) is 15.0 Å².